The number of carbonyl (C=O) groups excluding carboxylic acids is 2. The summed E-state index contributed by atoms with van der Waals surface area (Å²) < 4.78 is 55.9. The molecule has 268 valence electrons. The summed E-state index contributed by atoms with van der Waals surface area (Å²) >= 11 is 13.5. The first-order valence-electron chi connectivity index (χ1n) is 16.3. The lowest BCUT2D eigenvalue weighted by atomic mass is 9.81. The van der Waals surface area contributed by atoms with Crippen molar-refractivity contribution in [2.75, 3.05) is 17.3 Å². The topological polar surface area (TPSA) is 105 Å². The van der Waals surface area contributed by atoms with Crippen molar-refractivity contribution in [2.45, 2.75) is 72.3 Å². The van der Waals surface area contributed by atoms with Gasteiger partial charge in [-0.2, -0.15) is 13.2 Å². The lowest BCUT2D eigenvalue weighted by molar-refractivity contribution is -0.184. The van der Waals surface area contributed by atoms with Crippen molar-refractivity contribution in [1.82, 2.24) is 14.9 Å². The zero-order valence-corrected chi connectivity index (χ0v) is 29.7. The van der Waals surface area contributed by atoms with E-state index in [1.165, 1.54) is 12.1 Å². The smallest absolute Gasteiger partial charge is 0.370 e. The summed E-state index contributed by atoms with van der Waals surface area (Å²) in [4.78, 5) is 31.9. The van der Waals surface area contributed by atoms with Crippen LogP contribution in [0.3, 0.4) is 0 Å². The molecule has 4 N–H and O–H groups in total. The largest absolute Gasteiger partial charge is 0.391 e. The van der Waals surface area contributed by atoms with Crippen LogP contribution in [0.5, 0.6) is 0 Å². The Labute approximate surface area is 298 Å². The first kappa shape index (κ1) is 37.2. The van der Waals surface area contributed by atoms with E-state index in [-0.39, 0.29) is 52.6 Å². The monoisotopic (exact) mass is 734 g/mol. The van der Waals surface area contributed by atoms with Crippen LogP contribution in [-0.2, 0) is 24.4 Å². The maximum atomic E-state index is 13.6. The van der Waals surface area contributed by atoms with E-state index in [0.717, 1.165) is 5.56 Å². The predicted octanol–water partition coefficient (Wildman–Crippen LogP) is 8.99. The zero-order chi connectivity index (χ0) is 36.5. The van der Waals surface area contributed by atoms with Gasteiger partial charge in [0.15, 0.2) is 0 Å². The number of hydrogen-bond acceptors (Lipinski definition) is 5. The number of primary amides is 1. The molecule has 50 heavy (non-hydrogen) atoms. The summed E-state index contributed by atoms with van der Waals surface area (Å²) in [6.07, 6.45) is -3.45. The third kappa shape index (κ3) is 8.46. The van der Waals surface area contributed by atoms with Gasteiger partial charge in [-0.15, -0.1) is 0 Å². The van der Waals surface area contributed by atoms with Gasteiger partial charge in [-0.3, -0.25) is 9.59 Å². The molecule has 0 spiro atoms. The van der Waals surface area contributed by atoms with Crippen molar-refractivity contribution < 1.29 is 27.2 Å². The standard InChI is InChI=1S/C36H40Cl2F4N6O2/c1-35(2,3)33(50)44-17-22-9-14-26(37)31(30(22)38)46-34-45-27-15-25(32(43)49)28(47(4)18-20-7-12-24(39)13-8-20)16-29(27)48(34)19-21-5-10-23(11-6-21)36(40,41)42/h7-9,12-16,21,23H,5-6,10-11,17-19H2,1-4H3,(H2,43,49)(H,44,50)(H,45,46). The fraction of sp³-hybridized carbons (Fsp3) is 0.417. The van der Waals surface area contributed by atoms with E-state index in [0.29, 0.717) is 59.9 Å². The van der Waals surface area contributed by atoms with Gasteiger partial charge >= 0.3 is 6.18 Å². The molecule has 2 amide bonds. The van der Waals surface area contributed by atoms with E-state index in [1.807, 2.05) is 9.47 Å². The summed E-state index contributed by atoms with van der Waals surface area (Å²) in [5.41, 5.74) is 8.68. The second-order valence-corrected chi connectivity index (χ2v) is 14.7. The summed E-state index contributed by atoms with van der Waals surface area (Å²) in [7, 11) is 1.78. The van der Waals surface area contributed by atoms with Crippen LogP contribution < -0.4 is 21.3 Å². The number of amides is 2. The molecular weight excluding hydrogens is 695 g/mol. The van der Waals surface area contributed by atoms with E-state index >= 15 is 0 Å². The minimum Gasteiger partial charge on any atom is -0.370 e. The molecule has 0 unspecified atom stereocenters. The van der Waals surface area contributed by atoms with Gasteiger partial charge in [-0.25, -0.2) is 9.37 Å². The molecule has 0 radical (unpaired) electrons. The highest BCUT2D eigenvalue weighted by molar-refractivity contribution is 6.39. The molecule has 1 aliphatic carbocycles. The molecule has 0 saturated heterocycles. The second kappa shape index (κ2) is 14.7. The van der Waals surface area contributed by atoms with Crippen molar-refractivity contribution in [2.24, 2.45) is 23.0 Å². The minimum absolute atomic E-state index is 0.0288. The highest BCUT2D eigenvalue weighted by Crippen LogP contribution is 2.42. The third-order valence-corrected chi connectivity index (χ3v) is 9.90. The van der Waals surface area contributed by atoms with E-state index < -0.39 is 23.4 Å². The molecule has 1 saturated carbocycles. The fourth-order valence-electron chi connectivity index (χ4n) is 6.23. The Bertz CT molecular complexity index is 1880. The van der Waals surface area contributed by atoms with Crippen molar-refractivity contribution >= 4 is 63.4 Å². The normalized spacial score (nSPS) is 16.8. The lowest BCUT2D eigenvalue weighted by Gasteiger charge is -2.30. The Morgan fingerprint density at radius 2 is 1.68 bits per heavy atom. The van der Waals surface area contributed by atoms with E-state index in [9.17, 15) is 27.2 Å². The Morgan fingerprint density at radius 1 is 1.02 bits per heavy atom. The van der Waals surface area contributed by atoms with Gasteiger partial charge in [-0.1, -0.05) is 62.2 Å². The van der Waals surface area contributed by atoms with Crippen LogP contribution in [0.1, 0.15) is 67.9 Å². The predicted molar refractivity (Wildman–Crippen MR) is 189 cm³/mol. The van der Waals surface area contributed by atoms with Crippen LogP contribution in [0.15, 0.2) is 48.5 Å². The quantitative estimate of drug-likeness (QED) is 0.141. The van der Waals surface area contributed by atoms with Gasteiger partial charge in [0.1, 0.15) is 5.82 Å². The number of fused-ring (bicyclic) bond motifs is 1. The number of carbonyl (C=O) groups is 2. The van der Waals surface area contributed by atoms with E-state index in [2.05, 4.69) is 10.6 Å². The molecule has 1 heterocycles. The number of benzene rings is 3. The van der Waals surface area contributed by atoms with Gasteiger partial charge < -0.3 is 25.8 Å². The first-order chi connectivity index (χ1) is 23.4. The van der Waals surface area contributed by atoms with Gasteiger partial charge in [0, 0.05) is 32.1 Å². The zero-order valence-electron chi connectivity index (χ0n) is 28.2. The number of alkyl halides is 3. The van der Waals surface area contributed by atoms with Crippen LogP contribution >= 0.6 is 23.2 Å². The Hall–Kier alpha value is -4.03. The average Bonchev–Trinajstić information content (AvgIpc) is 3.37. The molecule has 3 aromatic carbocycles. The highest BCUT2D eigenvalue weighted by Gasteiger charge is 2.41. The van der Waals surface area contributed by atoms with Crippen LogP contribution in [0.25, 0.3) is 11.0 Å². The van der Waals surface area contributed by atoms with Gasteiger partial charge in [0.25, 0.3) is 5.91 Å². The molecule has 5 rings (SSSR count). The van der Waals surface area contributed by atoms with Crippen molar-refractivity contribution in [3.8, 4) is 0 Å². The number of nitrogens with one attached hydrogen (secondary N) is 2. The number of imidazole rings is 1. The maximum Gasteiger partial charge on any atom is 0.391 e. The molecule has 4 aromatic rings. The first-order valence-corrected chi connectivity index (χ1v) is 17.1. The molecule has 1 aliphatic rings. The van der Waals surface area contributed by atoms with E-state index in [1.54, 1.807) is 64.2 Å². The van der Waals surface area contributed by atoms with Crippen LogP contribution in [-0.4, -0.2) is 34.6 Å². The van der Waals surface area contributed by atoms with Gasteiger partial charge in [0.2, 0.25) is 11.9 Å². The van der Waals surface area contributed by atoms with E-state index in [4.69, 9.17) is 33.9 Å². The Balaban J connectivity index is 1.56. The maximum absolute atomic E-state index is 13.6. The molecular formula is C36H40Cl2F4N6O2. The SMILES string of the molecule is CN(Cc1ccc(F)cc1)c1cc2c(cc1C(N)=O)nc(Nc1c(Cl)ccc(CNC(=O)C(C)(C)C)c1Cl)n2CC1CCC(C(F)(F)F)CC1. The molecule has 14 heteroatoms. The van der Waals surface area contributed by atoms with Crippen LogP contribution in [0.4, 0.5) is 34.9 Å². The molecule has 0 bridgehead atoms. The number of nitrogens with two attached hydrogens (primary N) is 1. The summed E-state index contributed by atoms with van der Waals surface area (Å²) in [6.45, 7) is 6.20. The number of anilines is 3. The average molecular weight is 736 g/mol. The third-order valence-electron chi connectivity index (χ3n) is 9.15. The van der Waals surface area contributed by atoms with Crippen molar-refractivity contribution in [1.29, 1.82) is 0 Å². The molecule has 1 aromatic heterocycles. The number of hydrogen-bond donors (Lipinski definition) is 3. The van der Waals surface area contributed by atoms with Crippen molar-refractivity contribution in [3.63, 3.8) is 0 Å². The molecule has 0 aliphatic heterocycles. The summed E-state index contributed by atoms with van der Waals surface area (Å²) in [5, 5.41) is 6.67. The highest BCUT2D eigenvalue weighted by atomic mass is 35.5. The number of rotatable bonds is 10. The molecule has 1 fully saturated rings. The van der Waals surface area contributed by atoms with Crippen LogP contribution in [0.2, 0.25) is 10.0 Å². The molecule has 0 atom stereocenters. The lowest BCUT2D eigenvalue weighted by Crippen LogP contribution is -2.34. The minimum atomic E-state index is -4.24. The number of halogens is 6. The van der Waals surface area contributed by atoms with Gasteiger partial charge in [0.05, 0.1) is 43.9 Å². The Morgan fingerprint density at radius 3 is 2.28 bits per heavy atom. The molecule has 8 nitrogen and oxygen atoms in total. The second-order valence-electron chi connectivity index (χ2n) is 14.0. The van der Waals surface area contributed by atoms with Gasteiger partial charge in [-0.05, 0) is 73.1 Å². The van der Waals surface area contributed by atoms with Crippen molar-refractivity contribution in [3.05, 3.63) is 81.1 Å². The number of aromatic nitrogens is 2. The van der Waals surface area contributed by atoms with Crippen LogP contribution in [0, 0.1) is 23.1 Å². The summed E-state index contributed by atoms with van der Waals surface area (Å²) in [6, 6.07) is 12.7. The Kier molecular flexibility index (Phi) is 10.9. The number of nitrogens with zero attached hydrogens (tertiary/aromatic N) is 3. The summed E-state index contributed by atoms with van der Waals surface area (Å²) in [5.74, 6) is -2.33. The fourth-order valence-corrected chi connectivity index (χ4v) is 6.76.